The first-order valence-electron chi connectivity index (χ1n) is 8.42. The molecule has 0 fully saturated rings. The van der Waals surface area contributed by atoms with E-state index in [1.807, 2.05) is 45.0 Å². The standard InChI is InChI=1S/C20H25N3O2/c1-14(2)12-21-19(24)17-8-10-18(11-9-17)23-20(25)22-13-16-6-4-15(3)5-7-16/h4-11,14H,12-13H2,1-3H3,(H,21,24)(H2,22,23,25). The molecule has 0 radical (unpaired) electrons. The van der Waals surface area contributed by atoms with E-state index in [9.17, 15) is 9.59 Å². The van der Waals surface area contributed by atoms with Crippen molar-refractivity contribution in [2.75, 3.05) is 11.9 Å². The van der Waals surface area contributed by atoms with E-state index in [-0.39, 0.29) is 11.9 Å². The maximum atomic E-state index is 12.0. The van der Waals surface area contributed by atoms with Crippen LogP contribution in [0, 0.1) is 12.8 Å². The number of benzene rings is 2. The zero-order valence-corrected chi connectivity index (χ0v) is 14.9. The molecule has 0 bridgehead atoms. The number of amides is 3. The molecule has 0 unspecified atom stereocenters. The van der Waals surface area contributed by atoms with Crippen molar-refractivity contribution in [3.63, 3.8) is 0 Å². The van der Waals surface area contributed by atoms with Gasteiger partial charge in [-0.05, 0) is 42.7 Å². The van der Waals surface area contributed by atoms with Gasteiger partial charge in [0, 0.05) is 24.3 Å². The Kier molecular flexibility index (Phi) is 6.57. The third-order valence-corrected chi connectivity index (χ3v) is 3.65. The minimum atomic E-state index is -0.280. The highest BCUT2D eigenvalue weighted by Crippen LogP contribution is 2.10. The summed E-state index contributed by atoms with van der Waals surface area (Å²) in [6, 6.07) is 14.6. The number of carbonyl (C=O) groups is 2. The van der Waals surface area contributed by atoms with Crippen LogP contribution in [0.25, 0.3) is 0 Å². The van der Waals surface area contributed by atoms with Crippen molar-refractivity contribution in [1.82, 2.24) is 10.6 Å². The normalized spacial score (nSPS) is 10.4. The van der Waals surface area contributed by atoms with Crippen LogP contribution in [0.15, 0.2) is 48.5 Å². The van der Waals surface area contributed by atoms with E-state index in [4.69, 9.17) is 0 Å². The Balaban J connectivity index is 1.82. The highest BCUT2D eigenvalue weighted by Gasteiger charge is 2.07. The summed E-state index contributed by atoms with van der Waals surface area (Å²) in [6.45, 7) is 7.21. The second-order valence-corrected chi connectivity index (χ2v) is 6.47. The lowest BCUT2D eigenvalue weighted by molar-refractivity contribution is 0.0949. The van der Waals surface area contributed by atoms with Gasteiger partial charge in [-0.25, -0.2) is 4.79 Å². The Hall–Kier alpha value is -2.82. The average molecular weight is 339 g/mol. The molecule has 0 saturated heterocycles. The minimum Gasteiger partial charge on any atom is -0.352 e. The monoisotopic (exact) mass is 339 g/mol. The molecule has 0 aromatic heterocycles. The fourth-order valence-electron chi connectivity index (χ4n) is 2.17. The Bertz CT molecular complexity index is 707. The smallest absolute Gasteiger partial charge is 0.319 e. The number of hydrogen-bond acceptors (Lipinski definition) is 2. The SMILES string of the molecule is Cc1ccc(CNC(=O)Nc2ccc(C(=O)NCC(C)C)cc2)cc1. The zero-order chi connectivity index (χ0) is 18.2. The number of rotatable bonds is 6. The molecule has 3 amide bonds. The summed E-state index contributed by atoms with van der Waals surface area (Å²) < 4.78 is 0. The van der Waals surface area contributed by atoms with Crippen LogP contribution in [0.3, 0.4) is 0 Å². The fraction of sp³-hybridized carbons (Fsp3) is 0.300. The predicted octanol–water partition coefficient (Wildman–Crippen LogP) is 3.70. The van der Waals surface area contributed by atoms with E-state index < -0.39 is 0 Å². The summed E-state index contributed by atoms with van der Waals surface area (Å²) in [5.41, 5.74) is 3.44. The minimum absolute atomic E-state index is 0.107. The molecule has 0 atom stereocenters. The van der Waals surface area contributed by atoms with Gasteiger partial charge in [0.1, 0.15) is 0 Å². The molecular formula is C20H25N3O2. The molecule has 5 nitrogen and oxygen atoms in total. The largest absolute Gasteiger partial charge is 0.352 e. The van der Waals surface area contributed by atoms with Gasteiger partial charge >= 0.3 is 6.03 Å². The van der Waals surface area contributed by atoms with Crippen LogP contribution in [-0.4, -0.2) is 18.5 Å². The van der Waals surface area contributed by atoms with E-state index in [1.54, 1.807) is 24.3 Å². The molecule has 2 aromatic rings. The van der Waals surface area contributed by atoms with Crippen molar-refractivity contribution in [1.29, 1.82) is 0 Å². The van der Waals surface area contributed by atoms with Gasteiger partial charge in [0.05, 0.1) is 0 Å². The number of carbonyl (C=O) groups excluding carboxylic acids is 2. The first-order chi connectivity index (χ1) is 11.9. The summed E-state index contributed by atoms with van der Waals surface area (Å²) in [5.74, 6) is 0.297. The lowest BCUT2D eigenvalue weighted by atomic mass is 10.1. The topological polar surface area (TPSA) is 70.2 Å². The number of nitrogens with one attached hydrogen (secondary N) is 3. The second-order valence-electron chi connectivity index (χ2n) is 6.47. The third kappa shape index (κ3) is 6.30. The first kappa shape index (κ1) is 18.5. The van der Waals surface area contributed by atoms with Crippen LogP contribution in [-0.2, 0) is 6.54 Å². The van der Waals surface area contributed by atoms with Crippen LogP contribution < -0.4 is 16.0 Å². The summed E-state index contributed by atoms with van der Waals surface area (Å²) in [4.78, 5) is 23.9. The summed E-state index contributed by atoms with van der Waals surface area (Å²) in [5, 5.41) is 8.43. The molecule has 0 aliphatic heterocycles. The van der Waals surface area contributed by atoms with E-state index in [0.29, 0.717) is 30.3 Å². The highest BCUT2D eigenvalue weighted by atomic mass is 16.2. The fourth-order valence-corrected chi connectivity index (χ4v) is 2.17. The van der Waals surface area contributed by atoms with Crippen molar-refractivity contribution in [3.05, 3.63) is 65.2 Å². The Morgan fingerprint density at radius 3 is 2.16 bits per heavy atom. The molecule has 0 aliphatic carbocycles. The van der Waals surface area contributed by atoms with Gasteiger partial charge in [0.2, 0.25) is 0 Å². The number of urea groups is 1. The van der Waals surface area contributed by atoms with Gasteiger partial charge in [-0.15, -0.1) is 0 Å². The van der Waals surface area contributed by atoms with Crippen LogP contribution in [0.1, 0.15) is 35.3 Å². The molecule has 25 heavy (non-hydrogen) atoms. The van der Waals surface area contributed by atoms with Crippen LogP contribution in [0.2, 0.25) is 0 Å². The van der Waals surface area contributed by atoms with Crippen LogP contribution >= 0.6 is 0 Å². The molecule has 5 heteroatoms. The summed E-state index contributed by atoms with van der Waals surface area (Å²) in [6.07, 6.45) is 0. The van der Waals surface area contributed by atoms with Gasteiger partial charge in [-0.2, -0.15) is 0 Å². The predicted molar refractivity (Wildman–Crippen MR) is 101 cm³/mol. The molecule has 0 heterocycles. The maximum absolute atomic E-state index is 12.0. The molecule has 0 saturated carbocycles. The maximum Gasteiger partial charge on any atom is 0.319 e. The van der Waals surface area contributed by atoms with Crippen molar-refractivity contribution in [2.45, 2.75) is 27.3 Å². The van der Waals surface area contributed by atoms with Crippen LogP contribution in [0.5, 0.6) is 0 Å². The van der Waals surface area contributed by atoms with Crippen LogP contribution in [0.4, 0.5) is 10.5 Å². The molecule has 3 N–H and O–H groups in total. The van der Waals surface area contributed by atoms with Crippen molar-refractivity contribution < 1.29 is 9.59 Å². The average Bonchev–Trinajstić information content (AvgIpc) is 2.60. The van der Waals surface area contributed by atoms with Gasteiger partial charge < -0.3 is 16.0 Å². The Labute approximate surface area is 148 Å². The summed E-state index contributed by atoms with van der Waals surface area (Å²) >= 11 is 0. The van der Waals surface area contributed by atoms with Gasteiger partial charge in [-0.3, -0.25) is 4.79 Å². The molecule has 0 spiro atoms. The van der Waals surface area contributed by atoms with Gasteiger partial charge in [0.25, 0.3) is 5.91 Å². The van der Waals surface area contributed by atoms with E-state index in [2.05, 4.69) is 16.0 Å². The lowest BCUT2D eigenvalue weighted by Crippen LogP contribution is -2.28. The summed E-state index contributed by atoms with van der Waals surface area (Å²) in [7, 11) is 0. The quantitative estimate of drug-likeness (QED) is 0.751. The zero-order valence-electron chi connectivity index (χ0n) is 14.9. The Morgan fingerprint density at radius 2 is 1.56 bits per heavy atom. The van der Waals surface area contributed by atoms with Crippen molar-refractivity contribution in [2.24, 2.45) is 5.92 Å². The third-order valence-electron chi connectivity index (χ3n) is 3.65. The molecule has 2 aromatic carbocycles. The highest BCUT2D eigenvalue weighted by molar-refractivity contribution is 5.95. The second kappa shape index (κ2) is 8.87. The van der Waals surface area contributed by atoms with Crippen molar-refractivity contribution in [3.8, 4) is 0 Å². The lowest BCUT2D eigenvalue weighted by Gasteiger charge is -2.10. The first-order valence-corrected chi connectivity index (χ1v) is 8.42. The molecule has 132 valence electrons. The number of aryl methyl sites for hydroxylation is 1. The number of anilines is 1. The van der Waals surface area contributed by atoms with E-state index in [1.165, 1.54) is 5.56 Å². The Morgan fingerprint density at radius 1 is 0.920 bits per heavy atom. The van der Waals surface area contributed by atoms with Crippen molar-refractivity contribution >= 4 is 17.6 Å². The molecule has 2 rings (SSSR count). The van der Waals surface area contributed by atoms with E-state index >= 15 is 0 Å². The van der Waals surface area contributed by atoms with Gasteiger partial charge in [-0.1, -0.05) is 43.7 Å². The number of hydrogen-bond donors (Lipinski definition) is 3. The molecule has 0 aliphatic rings. The van der Waals surface area contributed by atoms with Gasteiger partial charge in [0.15, 0.2) is 0 Å². The van der Waals surface area contributed by atoms with E-state index in [0.717, 1.165) is 5.56 Å². The molecular weight excluding hydrogens is 314 g/mol.